The predicted molar refractivity (Wildman–Crippen MR) is 87.4 cm³/mol. The Labute approximate surface area is 133 Å². The van der Waals surface area contributed by atoms with Crippen LogP contribution in [0, 0.1) is 0 Å². The molecule has 1 unspecified atom stereocenters. The van der Waals surface area contributed by atoms with Crippen LogP contribution in [0.25, 0.3) is 0 Å². The number of unbranched alkanes of at least 4 members (excludes halogenated alkanes) is 4. The number of aromatic hydroxyl groups is 1. The zero-order chi connectivity index (χ0) is 16.2. The van der Waals surface area contributed by atoms with Crippen molar-refractivity contribution < 1.29 is 19.7 Å². The van der Waals surface area contributed by atoms with Crippen LogP contribution in [0.3, 0.4) is 0 Å². The number of rotatable bonds is 12. The van der Waals surface area contributed by atoms with E-state index < -0.39 is 5.97 Å². The van der Waals surface area contributed by atoms with E-state index in [9.17, 15) is 9.90 Å². The molecular weight excluding hydrogens is 280 g/mol. The fourth-order valence-corrected chi connectivity index (χ4v) is 2.50. The van der Waals surface area contributed by atoms with Gasteiger partial charge in [-0.3, -0.25) is 4.79 Å². The average molecular weight is 308 g/mol. The van der Waals surface area contributed by atoms with Gasteiger partial charge in [-0.2, -0.15) is 0 Å². The summed E-state index contributed by atoms with van der Waals surface area (Å²) >= 11 is 0. The first-order chi connectivity index (χ1) is 10.6. The highest BCUT2D eigenvalue weighted by Crippen LogP contribution is 2.27. The molecule has 0 radical (unpaired) electrons. The minimum atomic E-state index is -0.709. The number of carboxylic acids is 1. The molecule has 2 N–H and O–H groups in total. The third-order valence-electron chi connectivity index (χ3n) is 3.69. The number of para-hydroxylation sites is 2. The summed E-state index contributed by atoms with van der Waals surface area (Å²) in [5.74, 6) is 0.0405. The second-order valence-electron chi connectivity index (χ2n) is 5.70. The molecule has 0 bridgehead atoms. The van der Waals surface area contributed by atoms with Crippen molar-refractivity contribution in [1.29, 1.82) is 0 Å². The summed E-state index contributed by atoms with van der Waals surface area (Å²) in [7, 11) is 0. The van der Waals surface area contributed by atoms with Gasteiger partial charge in [0.1, 0.15) is 0 Å². The van der Waals surface area contributed by atoms with Crippen LogP contribution in [0.2, 0.25) is 0 Å². The minimum absolute atomic E-state index is 0.136. The van der Waals surface area contributed by atoms with Crippen molar-refractivity contribution in [3.05, 3.63) is 24.3 Å². The molecular formula is C18H28O4. The Hall–Kier alpha value is -1.71. The van der Waals surface area contributed by atoms with Gasteiger partial charge >= 0.3 is 5.97 Å². The first kappa shape index (κ1) is 18.3. The highest BCUT2D eigenvalue weighted by Gasteiger charge is 2.11. The molecule has 0 saturated carbocycles. The van der Waals surface area contributed by atoms with Gasteiger partial charge in [0.15, 0.2) is 11.5 Å². The van der Waals surface area contributed by atoms with Gasteiger partial charge in [0, 0.05) is 6.42 Å². The van der Waals surface area contributed by atoms with Crippen molar-refractivity contribution >= 4 is 5.97 Å². The van der Waals surface area contributed by atoms with Crippen LogP contribution in [0.1, 0.15) is 64.7 Å². The maximum Gasteiger partial charge on any atom is 0.303 e. The standard InChI is InChI=1S/C18H28O4/c1-2-10-15(22-17-13-9-8-12-16(17)19)11-6-4-3-5-7-14-18(20)21/h8-9,12-13,15,19H,2-7,10-11,14H2,1H3,(H,20,21). The number of phenols is 1. The molecule has 4 nitrogen and oxygen atoms in total. The molecule has 124 valence electrons. The Balaban J connectivity index is 2.24. The smallest absolute Gasteiger partial charge is 0.303 e. The number of benzene rings is 1. The van der Waals surface area contributed by atoms with Crippen LogP contribution in [0.4, 0.5) is 0 Å². The van der Waals surface area contributed by atoms with E-state index in [2.05, 4.69) is 6.92 Å². The molecule has 1 aromatic rings. The number of hydrogen-bond acceptors (Lipinski definition) is 3. The van der Waals surface area contributed by atoms with Crippen molar-refractivity contribution in [3.63, 3.8) is 0 Å². The van der Waals surface area contributed by atoms with Gasteiger partial charge in [-0.15, -0.1) is 0 Å². The van der Waals surface area contributed by atoms with Gasteiger partial charge in [-0.05, 0) is 37.8 Å². The summed E-state index contributed by atoms with van der Waals surface area (Å²) in [6.07, 6.45) is 8.41. The van der Waals surface area contributed by atoms with Gasteiger partial charge in [-0.25, -0.2) is 0 Å². The van der Waals surface area contributed by atoms with E-state index in [-0.39, 0.29) is 18.3 Å². The summed E-state index contributed by atoms with van der Waals surface area (Å²) < 4.78 is 5.92. The molecule has 0 aliphatic heterocycles. The van der Waals surface area contributed by atoms with E-state index >= 15 is 0 Å². The molecule has 0 spiro atoms. The Kier molecular flexibility index (Phi) is 9.12. The van der Waals surface area contributed by atoms with E-state index in [1.807, 2.05) is 6.07 Å². The third kappa shape index (κ3) is 7.91. The number of aliphatic carboxylic acids is 1. The quantitative estimate of drug-likeness (QED) is 0.547. The van der Waals surface area contributed by atoms with Crippen LogP contribution < -0.4 is 4.74 Å². The van der Waals surface area contributed by atoms with Gasteiger partial charge in [0.05, 0.1) is 6.10 Å². The topological polar surface area (TPSA) is 66.8 Å². The fourth-order valence-electron chi connectivity index (χ4n) is 2.50. The average Bonchev–Trinajstić information content (AvgIpc) is 2.48. The number of carbonyl (C=O) groups is 1. The second-order valence-corrected chi connectivity index (χ2v) is 5.70. The van der Waals surface area contributed by atoms with Crippen LogP contribution in [-0.2, 0) is 4.79 Å². The Morgan fingerprint density at radius 2 is 1.77 bits per heavy atom. The highest BCUT2D eigenvalue weighted by atomic mass is 16.5. The normalized spacial score (nSPS) is 12.0. The van der Waals surface area contributed by atoms with Gasteiger partial charge in [0.2, 0.25) is 0 Å². The van der Waals surface area contributed by atoms with E-state index in [0.717, 1.165) is 51.4 Å². The lowest BCUT2D eigenvalue weighted by Gasteiger charge is -2.19. The maximum absolute atomic E-state index is 10.4. The van der Waals surface area contributed by atoms with E-state index in [1.165, 1.54) is 0 Å². The first-order valence-corrected chi connectivity index (χ1v) is 8.30. The number of carboxylic acid groups (broad SMARTS) is 1. The number of hydrogen-bond donors (Lipinski definition) is 2. The van der Waals surface area contributed by atoms with Gasteiger partial charge in [0.25, 0.3) is 0 Å². The fraction of sp³-hybridized carbons (Fsp3) is 0.611. The summed E-state index contributed by atoms with van der Waals surface area (Å²) in [4.78, 5) is 10.4. The lowest BCUT2D eigenvalue weighted by molar-refractivity contribution is -0.137. The van der Waals surface area contributed by atoms with Crippen molar-refractivity contribution in [2.75, 3.05) is 0 Å². The molecule has 0 aromatic heterocycles. The molecule has 22 heavy (non-hydrogen) atoms. The lowest BCUT2D eigenvalue weighted by Crippen LogP contribution is -2.16. The largest absolute Gasteiger partial charge is 0.504 e. The van der Waals surface area contributed by atoms with Gasteiger partial charge in [-0.1, -0.05) is 44.7 Å². The first-order valence-electron chi connectivity index (χ1n) is 8.30. The number of phenolic OH excluding ortho intramolecular Hbond substituents is 1. The Bertz CT molecular complexity index is 431. The van der Waals surface area contributed by atoms with Crippen molar-refractivity contribution in [1.82, 2.24) is 0 Å². The molecule has 1 rings (SSSR count). The Morgan fingerprint density at radius 3 is 2.45 bits per heavy atom. The molecule has 0 amide bonds. The van der Waals surface area contributed by atoms with Crippen molar-refractivity contribution in [2.45, 2.75) is 70.8 Å². The second kappa shape index (κ2) is 10.9. The summed E-state index contributed by atoms with van der Waals surface area (Å²) in [5, 5.41) is 18.3. The van der Waals surface area contributed by atoms with Crippen LogP contribution in [0.15, 0.2) is 24.3 Å². The molecule has 0 saturated heterocycles. The molecule has 0 heterocycles. The highest BCUT2D eigenvalue weighted by molar-refractivity contribution is 5.66. The van der Waals surface area contributed by atoms with Gasteiger partial charge < -0.3 is 14.9 Å². The Morgan fingerprint density at radius 1 is 1.09 bits per heavy atom. The van der Waals surface area contributed by atoms with Crippen molar-refractivity contribution in [3.8, 4) is 11.5 Å². The molecule has 4 heteroatoms. The SMILES string of the molecule is CCCC(CCCCCCCC(=O)O)Oc1ccccc1O. The van der Waals surface area contributed by atoms with E-state index in [4.69, 9.17) is 9.84 Å². The zero-order valence-corrected chi connectivity index (χ0v) is 13.5. The van der Waals surface area contributed by atoms with E-state index in [1.54, 1.807) is 18.2 Å². The molecule has 0 aliphatic rings. The van der Waals surface area contributed by atoms with Crippen LogP contribution in [-0.4, -0.2) is 22.3 Å². The predicted octanol–water partition coefficient (Wildman–Crippen LogP) is 4.76. The maximum atomic E-state index is 10.4. The molecule has 0 fully saturated rings. The zero-order valence-electron chi connectivity index (χ0n) is 13.5. The van der Waals surface area contributed by atoms with Crippen molar-refractivity contribution in [2.24, 2.45) is 0 Å². The third-order valence-corrected chi connectivity index (χ3v) is 3.69. The molecule has 1 atom stereocenters. The summed E-state index contributed by atoms with van der Waals surface area (Å²) in [6, 6.07) is 7.08. The minimum Gasteiger partial charge on any atom is -0.504 e. The number of ether oxygens (including phenoxy) is 1. The van der Waals surface area contributed by atoms with E-state index in [0.29, 0.717) is 5.75 Å². The summed E-state index contributed by atoms with van der Waals surface area (Å²) in [6.45, 7) is 2.13. The molecule has 1 aromatic carbocycles. The lowest BCUT2D eigenvalue weighted by atomic mass is 10.0. The van der Waals surface area contributed by atoms with Crippen LogP contribution in [0.5, 0.6) is 11.5 Å². The monoisotopic (exact) mass is 308 g/mol. The summed E-state index contributed by atoms with van der Waals surface area (Å²) in [5.41, 5.74) is 0. The van der Waals surface area contributed by atoms with Crippen LogP contribution >= 0.6 is 0 Å². The molecule has 0 aliphatic carbocycles.